The summed E-state index contributed by atoms with van der Waals surface area (Å²) in [5.41, 5.74) is -0.108. The molecule has 94 valence electrons. The Morgan fingerprint density at radius 2 is 2.35 bits per heavy atom. The number of hydrogen-bond donors (Lipinski definition) is 2. The zero-order valence-electron chi connectivity index (χ0n) is 9.16. The van der Waals surface area contributed by atoms with Gasteiger partial charge in [0.25, 0.3) is 0 Å². The number of ketones is 1. The van der Waals surface area contributed by atoms with Gasteiger partial charge in [0.2, 0.25) is 0 Å². The van der Waals surface area contributed by atoms with E-state index in [0.29, 0.717) is 6.61 Å². The first kappa shape index (κ1) is 13.8. The maximum Gasteiger partial charge on any atom is 0.319 e. The number of nitrogens with zero attached hydrogens (tertiary/aromatic N) is 1. The van der Waals surface area contributed by atoms with E-state index in [4.69, 9.17) is 10.1 Å². The molecule has 1 fully saturated rings. The smallest absolute Gasteiger partial charge is 0.319 e. The average Bonchev–Trinajstić information content (AvgIpc) is 2.15. The van der Waals surface area contributed by atoms with Crippen LogP contribution in [0.25, 0.3) is 0 Å². The van der Waals surface area contributed by atoms with Crippen molar-refractivity contribution in [2.24, 2.45) is 0 Å². The molecule has 0 saturated carbocycles. The van der Waals surface area contributed by atoms with Crippen LogP contribution in [-0.2, 0) is 9.53 Å². The third-order valence-electron chi connectivity index (χ3n) is 2.22. The summed E-state index contributed by atoms with van der Waals surface area (Å²) >= 11 is 2.76. The van der Waals surface area contributed by atoms with Crippen LogP contribution in [0.2, 0.25) is 0 Å². The fourth-order valence-corrected chi connectivity index (χ4v) is 2.00. The molecule has 0 aromatic carbocycles. The van der Waals surface area contributed by atoms with Crippen LogP contribution < -0.4 is 5.32 Å². The van der Waals surface area contributed by atoms with Crippen LogP contribution >= 0.6 is 15.9 Å². The van der Waals surface area contributed by atoms with Crippen molar-refractivity contribution in [3.63, 3.8) is 0 Å². The summed E-state index contributed by atoms with van der Waals surface area (Å²) < 4.78 is 4.72. The van der Waals surface area contributed by atoms with Crippen LogP contribution in [-0.4, -0.2) is 34.6 Å². The van der Waals surface area contributed by atoms with Gasteiger partial charge in [0.1, 0.15) is 6.61 Å². The average molecular weight is 306 g/mol. The third kappa shape index (κ3) is 3.90. The molecule has 0 radical (unpaired) electrons. The molecule has 1 aliphatic heterocycles. The van der Waals surface area contributed by atoms with Crippen LogP contribution in [0.3, 0.4) is 0 Å². The van der Waals surface area contributed by atoms with Crippen LogP contribution in [0.5, 0.6) is 0 Å². The Balaban J connectivity index is 2.77. The predicted molar refractivity (Wildman–Crippen MR) is 63.7 cm³/mol. The summed E-state index contributed by atoms with van der Waals surface area (Å²) in [4.78, 5) is 21.2. The number of Topliss-reactive ketones (excluding diaryl/α,β-unsaturated/α-hetero) is 1. The minimum atomic E-state index is -0.648. The normalized spacial score (nSPS) is 21.8. The highest BCUT2D eigenvalue weighted by Gasteiger charge is 2.24. The van der Waals surface area contributed by atoms with Gasteiger partial charge < -0.3 is 10.1 Å². The number of ether oxygens (including phenoxy) is 1. The van der Waals surface area contributed by atoms with E-state index in [9.17, 15) is 14.9 Å². The van der Waals surface area contributed by atoms with E-state index in [0.717, 1.165) is 0 Å². The summed E-state index contributed by atoms with van der Waals surface area (Å²) in [5, 5.41) is 20.8. The van der Waals surface area contributed by atoms with Gasteiger partial charge in [-0.3, -0.25) is 20.3 Å². The van der Waals surface area contributed by atoms with Crippen molar-refractivity contribution in [1.29, 1.82) is 5.41 Å². The van der Waals surface area contributed by atoms with E-state index in [1.165, 1.54) is 6.92 Å². The summed E-state index contributed by atoms with van der Waals surface area (Å²) in [6.07, 6.45) is 0.276. The molecule has 17 heavy (non-hydrogen) atoms. The first-order valence-corrected chi connectivity index (χ1v) is 5.66. The topological polar surface area (TPSA) is 105 Å². The molecule has 1 atom stereocenters. The van der Waals surface area contributed by atoms with Crippen molar-refractivity contribution in [2.45, 2.75) is 19.4 Å². The van der Waals surface area contributed by atoms with Crippen molar-refractivity contribution in [2.75, 3.05) is 13.2 Å². The van der Waals surface area contributed by atoms with Crippen molar-refractivity contribution in [1.82, 2.24) is 5.32 Å². The van der Waals surface area contributed by atoms with Crippen molar-refractivity contribution >= 4 is 26.3 Å². The van der Waals surface area contributed by atoms with E-state index >= 15 is 0 Å². The van der Waals surface area contributed by atoms with E-state index in [-0.39, 0.29) is 40.9 Å². The molecule has 1 rings (SSSR count). The monoisotopic (exact) mass is 305 g/mol. The first-order chi connectivity index (χ1) is 7.91. The number of allylic oxidation sites excluding steroid dienone is 2. The molecule has 0 aromatic rings. The van der Waals surface area contributed by atoms with E-state index in [2.05, 4.69) is 21.2 Å². The fourth-order valence-electron chi connectivity index (χ4n) is 1.56. The maximum absolute atomic E-state index is 11.1. The summed E-state index contributed by atoms with van der Waals surface area (Å²) in [6.45, 7) is 1.91. The van der Waals surface area contributed by atoms with Gasteiger partial charge >= 0.3 is 5.70 Å². The Bertz CT molecular complexity index is 378. The lowest BCUT2D eigenvalue weighted by Crippen LogP contribution is -2.40. The second-order valence-corrected chi connectivity index (χ2v) is 4.44. The van der Waals surface area contributed by atoms with Gasteiger partial charge in [-0.05, 0) is 22.9 Å². The Labute approximate surface area is 106 Å². The van der Waals surface area contributed by atoms with Crippen LogP contribution in [0.15, 0.2) is 11.4 Å². The van der Waals surface area contributed by atoms with Gasteiger partial charge in [-0.15, -0.1) is 0 Å². The zero-order valence-corrected chi connectivity index (χ0v) is 10.7. The number of rotatable bonds is 4. The standard InChI is InChI=1S/C9H12BrN3O4/c1-5(8(9(10)11)13(15)16)12-6-2-7(14)4-17-3-6/h6,11-12H,2-4H2,1H3/b8-5+,11-9?. The molecular formula is C9H12BrN3O4. The van der Waals surface area contributed by atoms with Gasteiger partial charge in [0.15, 0.2) is 10.4 Å². The SMILES string of the molecule is C/C(NC1COCC(=O)C1)=C(/C(=N)Br)[N+](=O)[O-]. The quantitative estimate of drug-likeness (QED) is 0.454. The highest BCUT2D eigenvalue weighted by atomic mass is 79.9. The van der Waals surface area contributed by atoms with E-state index < -0.39 is 4.92 Å². The zero-order chi connectivity index (χ0) is 13.0. The molecule has 1 aliphatic rings. The van der Waals surface area contributed by atoms with Gasteiger partial charge in [0.05, 0.1) is 23.3 Å². The number of nitro groups is 1. The van der Waals surface area contributed by atoms with E-state index in [1.54, 1.807) is 0 Å². The third-order valence-corrected chi connectivity index (χ3v) is 2.60. The Kier molecular flexibility index (Phi) is 4.76. The number of carbonyl (C=O) groups is 1. The highest BCUT2D eigenvalue weighted by molar-refractivity contribution is 9.18. The minimum Gasteiger partial charge on any atom is -0.377 e. The molecule has 1 unspecified atom stereocenters. The largest absolute Gasteiger partial charge is 0.377 e. The number of hydrogen-bond acceptors (Lipinski definition) is 6. The molecule has 8 heteroatoms. The molecule has 0 aliphatic carbocycles. The molecule has 0 amide bonds. The second kappa shape index (κ2) is 5.87. The Hall–Kier alpha value is -1.28. The summed E-state index contributed by atoms with van der Waals surface area (Å²) in [6, 6.07) is -0.280. The molecule has 1 saturated heterocycles. The Morgan fingerprint density at radius 1 is 1.71 bits per heavy atom. The van der Waals surface area contributed by atoms with Gasteiger partial charge in [-0.25, -0.2) is 0 Å². The lowest BCUT2D eigenvalue weighted by molar-refractivity contribution is -0.416. The number of carbonyl (C=O) groups excluding carboxylic acids is 1. The maximum atomic E-state index is 11.1. The first-order valence-electron chi connectivity index (χ1n) is 4.87. The number of nitrogens with one attached hydrogen (secondary N) is 2. The second-order valence-electron chi connectivity index (χ2n) is 3.64. The Morgan fingerprint density at radius 3 is 2.82 bits per heavy atom. The van der Waals surface area contributed by atoms with Crippen molar-refractivity contribution in [3.8, 4) is 0 Å². The van der Waals surface area contributed by atoms with E-state index in [1.807, 2.05) is 0 Å². The summed E-state index contributed by atoms with van der Waals surface area (Å²) in [7, 11) is 0. The van der Waals surface area contributed by atoms with Gasteiger partial charge in [-0.1, -0.05) is 0 Å². The molecule has 2 N–H and O–H groups in total. The lowest BCUT2D eigenvalue weighted by atomic mass is 10.1. The summed E-state index contributed by atoms with van der Waals surface area (Å²) in [5.74, 6) is -0.0434. The lowest BCUT2D eigenvalue weighted by Gasteiger charge is -2.23. The molecule has 1 heterocycles. The molecular weight excluding hydrogens is 294 g/mol. The molecule has 0 bridgehead atoms. The van der Waals surface area contributed by atoms with Gasteiger partial charge in [-0.2, -0.15) is 0 Å². The fraction of sp³-hybridized carbons (Fsp3) is 0.556. The van der Waals surface area contributed by atoms with Crippen molar-refractivity contribution in [3.05, 3.63) is 21.5 Å². The van der Waals surface area contributed by atoms with Crippen LogP contribution in [0, 0.1) is 15.5 Å². The number of halogens is 1. The minimum absolute atomic E-state index is 0.0434. The van der Waals surface area contributed by atoms with Crippen molar-refractivity contribution < 1.29 is 14.5 Å². The van der Waals surface area contributed by atoms with Crippen LogP contribution in [0.4, 0.5) is 0 Å². The molecule has 0 aromatic heterocycles. The molecule has 0 spiro atoms. The van der Waals surface area contributed by atoms with Gasteiger partial charge in [0, 0.05) is 6.42 Å². The van der Waals surface area contributed by atoms with Crippen LogP contribution in [0.1, 0.15) is 13.3 Å². The predicted octanol–water partition coefficient (Wildman–Crippen LogP) is 0.814. The highest BCUT2D eigenvalue weighted by Crippen LogP contribution is 2.11. The molecule has 7 nitrogen and oxygen atoms in total.